The SMILES string of the molecule is CCCCCC.N#CNc1ccccc1N1CCOCC1. The summed E-state index contributed by atoms with van der Waals surface area (Å²) in [5.74, 6) is 0. The van der Waals surface area contributed by atoms with E-state index in [-0.39, 0.29) is 0 Å². The number of para-hydroxylation sites is 2. The third kappa shape index (κ3) is 6.50. The van der Waals surface area contributed by atoms with Crippen molar-refractivity contribution in [1.82, 2.24) is 0 Å². The molecule has 0 saturated carbocycles. The van der Waals surface area contributed by atoms with Gasteiger partial charge in [-0.1, -0.05) is 51.7 Å². The molecule has 4 heteroatoms. The van der Waals surface area contributed by atoms with Gasteiger partial charge in [0.05, 0.1) is 24.6 Å². The number of nitriles is 1. The first-order chi connectivity index (χ1) is 10.3. The number of hydrogen-bond donors (Lipinski definition) is 1. The first-order valence-electron chi connectivity index (χ1n) is 7.90. The van der Waals surface area contributed by atoms with Crippen LogP contribution in [-0.4, -0.2) is 26.3 Å². The highest BCUT2D eigenvalue weighted by molar-refractivity contribution is 5.71. The molecule has 0 radical (unpaired) electrons. The van der Waals surface area contributed by atoms with E-state index in [0.29, 0.717) is 0 Å². The number of unbranched alkanes of at least 4 members (excludes halogenated alkanes) is 3. The van der Waals surface area contributed by atoms with Crippen LogP contribution in [0.1, 0.15) is 39.5 Å². The van der Waals surface area contributed by atoms with Crippen LogP contribution in [0, 0.1) is 11.5 Å². The molecule has 1 heterocycles. The van der Waals surface area contributed by atoms with Crippen molar-refractivity contribution in [2.45, 2.75) is 39.5 Å². The van der Waals surface area contributed by atoms with Crippen molar-refractivity contribution >= 4 is 11.4 Å². The predicted molar refractivity (Wildman–Crippen MR) is 88.5 cm³/mol. The Balaban J connectivity index is 0.000000315. The molecule has 1 aromatic carbocycles. The average Bonchev–Trinajstić information content (AvgIpc) is 2.55. The number of anilines is 2. The third-order valence-corrected chi connectivity index (χ3v) is 3.40. The van der Waals surface area contributed by atoms with Crippen molar-refractivity contribution in [2.24, 2.45) is 0 Å². The zero-order chi connectivity index (χ0) is 15.3. The van der Waals surface area contributed by atoms with Gasteiger partial charge in [0.25, 0.3) is 0 Å². The lowest BCUT2D eigenvalue weighted by atomic mass is 10.2. The first kappa shape index (κ1) is 17.3. The van der Waals surface area contributed by atoms with Gasteiger partial charge in [-0.25, -0.2) is 0 Å². The van der Waals surface area contributed by atoms with E-state index in [4.69, 9.17) is 10.00 Å². The molecule has 0 aromatic heterocycles. The highest BCUT2D eigenvalue weighted by atomic mass is 16.5. The summed E-state index contributed by atoms with van der Waals surface area (Å²) >= 11 is 0. The summed E-state index contributed by atoms with van der Waals surface area (Å²) in [6, 6.07) is 7.83. The van der Waals surface area contributed by atoms with Crippen molar-refractivity contribution in [3.63, 3.8) is 0 Å². The van der Waals surface area contributed by atoms with Crippen LogP contribution in [0.2, 0.25) is 0 Å². The van der Waals surface area contributed by atoms with Crippen LogP contribution in [0.15, 0.2) is 24.3 Å². The number of nitrogens with zero attached hydrogens (tertiary/aromatic N) is 2. The Morgan fingerprint density at radius 1 is 1.14 bits per heavy atom. The van der Waals surface area contributed by atoms with Gasteiger partial charge in [0, 0.05) is 13.1 Å². The van der Waals surface area contributed by atoms with E-state index in [1.807, 2.05) is 30.5 Å². The minimum absolute atomic E-state index is 0.751. The normalized spacial score (nSPS) is 13.9. The molecule has 0 unspecified atom stereocenters. The maximum absolute atomic E-state index is 8.64. The standard InChI is InChI=1S/C11H13N3O.C6H14/c12-9-13-10-3-1-2-4-11(10)14-5-7-15-8-6-14;1-3-5-6-4-2/h1-4,13H,5-8H2;3-6H2,1-2H3. The molecule has 1 fully saturated rings. The fourth-order valence-electron chi connectivity index (χ4n) is 2.22. The van der Waals surface area contributed by atoms with Crippen LogP contribution in [-0.2, 0) is 4.74 Å². The molecule has 0 atom stereocenters. The van der Waals surface area contributed by atoms with Crippen LogP contribution < -0.4 is 10.2 Å². The summed E-state index contributed by atoms with van der Waals surface area (Å²) in [5.41, 5.74) is 1.93. The largest absolute Gasteiger partial charge is 0.378 e. The molecule has 4 nitrogen and oxygen atoms in total. The van der Waals surface area contributed by atoms with Crippen LogP contribution >= 0.6 is 0 Å². The number of ether oxygens (including phenoxy) is 1. The van der Waals surface area contributed by atoms with Gasteiger partial charge in [0.2, 0.25) is 0 Å². The third-order valence-electron chi connectivity index (χ3n) is 3.40. The van der Waals surface area contributed by atoms with E-state index in [1.165, 1.54) is 25.7 Å². The Morgan fingerprint density at radius 2 is 1.76 bits per heavy atom. The maximum Gasteiger partial charge on any atom is 0.181 e. The number of benzene rings is 1. The predicted octanol–water partition coefficient (Wildman–Crippen LogP) is 4.00. The van der Waals surface area contributed by atoms with Gasteiger partial charge in [0.1, 0.15) is 0 Å². The number of hydrogen-bond acceptors (Lipinski definition) is 4. The monoisotopic (exact) mass is 289 g/mol. The first-order valence-corrected chi connectivity index (χ1v) is 7.90. The molecule has 0 bridgehead atoms. The van der Waals surface area contributed by atoms with E-state index in [0.717, 1.165) is 37.7 Å². The zero-order valence-electron chi connectivity index (χ0n) is 13.3. The van der Waals surface area contributed by atoms with Gasteiger partial charge in [-0.15, -0.1) is 0 Å². The highest BCUT2D eigenvalue weighted by Crippen LogP contribution is 2.25. The Bertz CT molecular complexity index is 418. The molecule has 1 aromatic rings. The second-order valence-corrected chi connectivity index (χ2v) is 5.06. The Hall–Kier alpha value is -1.73. The second kappa shape index (κ2) is 11.0. The molecule has 1 saturated heterocycles. The van der Waals surface area contributed by atoms with Gasteiger partial charge < -0.3 is 9.64 Å². The van der Waals surface area contributed by atoms with Crippen LogP contribution in [0.3, 0.4) is 0 Å². The summed E-state index contributed by atoms with van der Waals surface area (Å²) in [7, 11) is 0. The van der Waals surface area contributed by atoms with Crippen LogP contribution in [0.5, 0.6) is 0 Å². The van der Waals surface area contributed by atoms with Gasteiger partial charge in [-0.05, 0) is 12.1 Å². The smallest absolute Gasteiger partial charge is 0.181 e. The summed E-state index contributed by atoms with van der Waals surface area (Å²) in [4.78, 5) is 2.23. The number of nitrogens with one attached hydrogen (secondary N) is 1. The topological polar surface area (TPSA) is 48.3 Å². The molecule has 0 amide bonds. The summed E-state index contributed by atoms with van der Waals surface area (Å²) < 4.78 is 5.29. The van der Waals surface area contributed by atoms with E-state index >= 15 is 0 Å². The second-order valence-electron chi connectivity index (χ2n) is 5.06. The van der Waals surface area contributed by atoms with Gasteiger partial charge in [-0.3, -0.25) is 5.32 Å². The van der Waals surface area contributed by atoms with Crippen molar-refractivity contribution in [2.75, 3.05) is 36.5 Å². The number of morpholine rings is 1. The minimum atomic E-state index is 0.751. The fourth-order valence-corrected chi connectivity index (χ4v) is 2.22. The van der Waals surface area contributed by atoms with Crippen molar-refractivity contribution in [1.29, 1.82) is 5.26 Å². The summed E-state index contributed by atoms with van der Waals surface area (Å²) in [6.07, 6.45) is 7.49. The molecule has 1 N–H and O–H groups in total. The minimum Gasteiger partial charge on any atom is -0.378 e. The Morgan fingerprint density at radius 3 is 2.33 bits per heavy atom. The molecular formula is C17H27N3O. The highest BCUT2D eigenvalue weighted by Gasteiger charge is 2.13. The lowest BCUT2D eigenvalue weighted by Gasteiger charge is -2.30. The molecule has 1 aliphatic rings. The van der Waals surface area contributed by atoms with E-state index in [2.05, 4.69) is 24.1 Å². The molecule has 0 aliphatic carbocycles. The molecular weight excluding hydrogens is 262 g/mol. The van der Waals surface area contributed by atoms with E-state index < -0.39 is 0 Å². The summed E-state index contributed by atoms with van der Waals surface area (Å²) in [6.45, 7) is 7.72. The molecule has 2 rings (SSSR count). The fraction of sp³-hybridized carbons (Fsp3) is 0.588. The average molecular weight is 289 g/mol. The lowest BCUT2D eigenvalue weighted by molar-refractivity contribution is 0.123. The lowest BCUT2D eigenvalue weighted by Crippen LogP contribution is -2.36. The quantitative estimate of drug-likeness (QED) is 0.505. The Kier molecular flexibility index (Phi) is 9.06. The van der Waals surface area contributed by atoms with E-state index in [1.54, 1.807) is 0 Å². The molecule has 21 heavy (non-hydrogen) atoms. The molecule has 116 valence electrons. The van der Waals surface area contributed by atoms with Crippen LogP contribution in [0.25, 0.3) is 0 Å². The number of rotatable bonds is 5. The summed E-state index contributed by atoms with van der Waals surface area (Å²) in [5, 5.41) is 11.3. The van der Waals surface area contributed by atoms with E-state index in [9.17, 15) is 0 Å². The zero-order valence-corrected chi connectivity index (χ0v) is 13.3. The Labute approximate surface area is 128 Å². The van der Waals surface area contributed by atoms with Gasteiger partial charge in [0.15, 0.2) is 6.19 Å². The molecule has 0 spiro atoms. The molecule has 1 aliphatic heterocycles. The van der Waals surface area contributed by atoms with Gasteiger partial charge in [-0.2, -0.15) is 5.26 Å². The maximum atomic E-state index is 8.64. The van der Waals surface area contributed by atoms with Crippen molar-refractivity contribution in [3.05, 3.63) is 24.3 Å². The van der Waals surface area contributed by atoms with Crippen molar-refractivity contribution in [3.8, 4) is 6.19 Å². The van der Waals surface area contributed by atoms with Gasteiger partial charge >= 0.3 is 0 Å². The van der Waals surface area contributed by atoms with Crippen LogP contribution in [0.4, 0.5) is 11.4 Å². The van der Waals surface area contributed by atoms with Crippen molar-refractivity contribution < 1.29 is 4.74 Å².